The first-order chi connectivity index (χ1) is 12.6. The monoisotopic (exact) mass is 348 g/mol. The third kappa shape index (κ3) is 4.45. The number of nitrogens with one attached hydrogen (secondary N) is 1. The van der Waals surface area contributed by atoms with Crippen molar-refractivity contribution >= 4 is 23.3 Å². The number of carbonyl (C=O) groups is 2. The van der Waals surface area contributed by atoms with Crippen molar-refractivity contribution < 1.29 is 19.4 Å². The summed E-state index contributed by atoms with van der Waals surface area (Å²) in [4.78, 5) is 27.1. The molecular weight excluding hydrogens is 332 g/mol. The Bertz CT molecular complexity index is 891. The number of hydrogen-bond donors (Lipinski definition) is 2. The zero-order valence-electron chi connectivity index (χ0n) is 13.8. The summed E-state index contributed by atoms with van der Waals surface area (Å²) in [7, 11) is 0. The fraction of sp³-hybridized carbons (Fsp3) is 0.0500. The van der Waals surface area contributed by atoms with Gasteiger partial charge in [-0.3, -0.25) is 4.79 Å². The molecule has 0 saturated carbocycles. The summed E-state index contributed by atoms with van der Waals surface area (Å²) < 4.78 is 5.50. The van der Waals surface area contributed by atoms with E-state index in [4.69, 9.17) is 9.84 Å². The minimum Gasteiger partial charge on any atom is -0.485 e. The van der Waals surface area contributed by atoms with Gasteiger partial charge >= 0.3 is 5.97 Å². The molecule has 130 valence electrons. The zero-order valence-corrected chi connectivity index (χ0v) is 13.8. The topological polar surface area (TPSA) is 88.5 Å². The summed E-state index contributed by atoms with van der Waals surface area (Å²) in [6, 6.07) is 18.5. The van der Waals surface area contributed by atoms with Gasteiger partial charge in [0.2, 0.25) is 0 Å². The molecule has 0 aliphatic rings. The number of aromatic nitrogens is 1. The molecule has 0 bridgehead atoms. The van der Waals surface area contributed by atoms with E-state index in [0.717, 1.165) is 11.5 Å². The Balaban J connectivity index is 1.55. The summed E-state index contributed by atoms with van der Waals surface area (Å²) in [5.74, 6) is 0.0468. The summed E-state index contributed by atoms with van der Waals surface area (Å²) in [5, 5.41) is 12.0. The lowest BCUT2D eigenvalue weighted by Gasteiger charge is -2.08. The lowest BCUT2D eigenvalue weighted by molar-refractivity contribution is 0.0696. The number of carbonyl (C=O) groups excluding carboxylic acids is 1. The van der Waals surface area contributed by atoms with Gasteiger partial charge < -0.3 is 15.2 Å². The van der Waals surface area contributed by atoms with Crippen LogP contribution in [0.15, 0.2) is 72.9 Å². The molecule has 0 aliphatic heterocycles. The molecule has 3 aromatic rings. The van der Waals surface area contributed by atoms with Crippen molar-refractivity contribution in [2.45, 2.75) is 0 Å². The highest BCUT2D eigenvalue weighted by Gasteiger charge is 2.09. The fourth-order valence-corrected chi connectivity index (χ4v) is 2.25. The maximum atomic E-state index is 12.1. The average molecular weight is 348 g/mol. The molecule has 0 saturated heterocycles. The third-order valence-corrected chi connectivity index (χ3v) is 3.62. The Labute approximate surface area is 150 Å². The Hall–Kier alpha value is -3.67. The summed E-state index contributed by atoms with van der Waals surface area (Å²) in [6.07, 6.45) is 1.70. The number of rotatable bonds is 7. The first kappa shape index (κ1) is 17.2. The van der Waals surface area contributed by atoms with Gasteiger partial charge in [0.25, 0.3) is 0 Å². The molecule has 26 heavy (non-hydrogen) atoms. The first-order valence-corrected chi connectivity index (χ1v) is 7.89. The SMILES string of the molecule is O=C(O)c1ccc(C(=O)COc2ccc(Nc3ccccn3)cc2)cc1. The van der Waals surface area contributed by atoms with E-state index in [1.807, 2.05) is 30.3 Å². The Morgan fingerprint density at radius 1 is 0.923 bits per heavy atom. The Kier molecular flexibility index (Phi) is 5.24. The van der Waals surface area contributed by atoms with Crippen molar-refractivity contribution in [3.63, 3.8) is 0 Å². The number of anilines is 2. The minimum absolute atomic E-state index is 0.126. The molecule has 0 atom stereocenters. The van der Waals surface area contributed by atoms with E-state index in [0.29, 0.717) is 11.3 Å². The second kappa shape index (κ2) is 7.94. The van der Waals surface area contributed by atoms with Gasteiger partial charge in [-0.2, -0.15) is 0 Å². The molecule has 0 fully saturated rings. The van der Waals surface area contributed by atoms with E-state index in [1.54, 1.807) is 18.3 Å². The average Bonchev–Trinajstić information content (AvgIpc) is 2.68. The van der Waals surface area contributed by atoms with E-state index in [1.165, 1.54) is 24.3 Å². The highest BCUT2D eigenvalue weighted by atomic mass is 16.5. The quantitative estimate of drug-likeness (QED) is 0.632. The van der Waals surface area contributed by atoms with Crippen LogP contribution in [-0.2, 0) is 0 Å². The largest absolute Gasteiger partial charge is 0.485 e. The molecule has 2 N–H and O–H groups in total. The molecule has 0 unspecified atom stereocenters. The number of carboxylic acids is 1. The lowest BCUT2D eigenvalue weighted by Crippen LogP contribution is -2.11. The number of ketones is 1. The van der Waals surface area contributed by atoms with Crippen LogP contribution >= 0.6 is 0 Å². The van der Waals surface area contributed by atoms with Crippen molar-refractivity contribution in [3.05, 3.63) is 84.1 Å². The smallest absolute Gasteiger partial charge is 0.335 e. The molecule has 6 nitrogen and oxygen atoms in total. The van der Waals surface area contributed by atoms with E-state index >= 15 is 0 Å². The molecule has 6 heteroatoms. The molecule has 3 rings (SSSR count). The zero-order chi connectivity index (χ0) is 18.4. The number of nitrogens with zero attached hydrogens (tertiary/aromatic N) is 1. The highest BCUT2D eigenvalue weighted by molar-refractivity contribution is 5.98. The molecule has 2 aromatic carbocycles. The molecule has 1 heterocycles. The first-order valence-electron chi connectivity index (χ1n) is 7.89. The van der Waals surface area contributed by atoms with Gasteiger partial charge in [-0.05, 0) is 48.5 Å². The van der Waals surface area contributed by atoms with E-state index in [-0.39, 0.29) is 18.0 Å². The lowest BCUT2D eigenvalue weighted by atomic mass is 10.1. The second-order valence-electron chi connectivity index (χ2n) is 5.46. The van der Waals surface area contributed by atoms with Gasteiger partial charge in [0.05, 0.1) is 5.56 Å². The summed E-state index contributed by atoms with van der Waals surface area (Å²) in [6.45, 7) is -0.126. The Morgan fingerprint density at radius 2 is 1.62 bits per heavy atom. The van der Waals surface area contributed by atoms with Crippen LogP contribution in [0, 0.1) is 0 Å². The van der Waals surface area contributed by atoms with Gasteiger partial charge in [-0.15, -0.1) is 0 Å². The molecule has 1 aromatic heterocycles. The predicted molar refractivity (Wildman–Crippen MR) is 97.2 cm³/mol. The van der Waals surface area contributed by atoms with Gasteiger partial charge in [-0.1, -0.05) is 18.2 Å². The van der Waals surface area contributed by atoms with Crippen LogP contribution in [0.1, 0.15) is 20.7 Å². The highest BCUT2D eigenvalue weighted by Crippen LogP contribution is 2.19. The number of hydrogen-bond acceptors (Lipinski definition) is 5. The number of pyridine rings is 1. The minimum atomic E-state index is -1.03. The van der Waals surface area contributed by atoms with Crippen LogP contribution in [0.3, 0.4) is 0 Å². The van der Waals surface area contributed by atoms with Crippen molar-refractivity contribution in [2.75, 3.05) is 11.9 Å². The van der Waals surface area contributed by atoms with Crippen LogP contribution in [0.25, 0.3) is 0 Å². The van der Waals surface area contributed by atoms with Crippen molar-refractivity contribution in [1.82, 2.24) is 4.98 Å². The van der Waals surface area contributed by atoms with Crippen LogP contribution < -0.4 is 10.1 Å². The van der Waals surface area contributed by atoms with Crippen molar-refractivity contribution in [3.8, 4) is 5.75 Å². The number of Topliss-reactive ketones (excluding diaryl/α,β-unsaturated/α-hetero) is 1. The van der Waals surface area contributed by atoms with Crippen LogP contribution in [0.2, 0.25) is 0 Å². The van der Waals surface area contributed by atoms with Crippen LogP contribution in [-0.4, -0.2) is 28.4 Å². The van der Waals surface area contributed by atoms with Crippen molar-refractivity contribution in [2.24, 2.45) is 0 Å². The summed E-state index contributed by atoms with van der Waals surface area (Å²) >= 11 is 0. The van der Waals surface area contributed by atoms with Gasteiger partial charge in [0, 0.05) is 17.4 Å². The normalized spacial score (nSPS) is 10.2. The van der Waals surface area contributed by atoms with E-state index < -0.39 is 5.97 Å². The van der Waals surface area contributed by atoms with Gasteiger partial charge in [0.15, 0.2) is 12.4 Å². The van der Waals surface area contributed by atoms with Gasteiger partial charge in [-0.25, -0.2) is 9.78 Å². The predicted octanol–water partition coefficient (Wildman–Crippen LogP) is 3.79. The van der Waals surface area contributed by atoms with E-state index in [9.17, 15) is 9.59 Å². The fourth-order valence-electron chi connectivity index (χ4n) is 2.25. The maximum Gasteiger partial charge on any atom is 0.335 e. The number of ether oxygens (including phenoxy) is 1. The van der Waals surface area contributed by atoms with Crippen LogP contribution in [0.4, 0.5) is 11.5 Å². The number of benzene rings is 2. The molecule has 0 amide bonds. The van der Waals surface area contributed by atoms with E-state index in [2.05, 4.69) is 10.3 Å². The molecule has 0 spiro atoms. The number of carboxylic acid groups (broad SMARTS) is 1. The Morgan fingerprint density at radius 3 is 2.23 bits per heavy atom. The maximum absolute atomic E-state index is 12.1. The van der Waals surface area contributed by atoms with Gasteiger partial charge in [0.1, 0.15) is 11.6 Å². The number of aromatic carboxylic acids is 1. The van der Waals surface area contributed by atoms with Crippen molar-refractivity contribution in [1.29, 1.82) is 0 Å². The van der Waals surface area contributed by atoms with Crippen LogP contribution in [0.5, 0.6) is 5.75 Å². The third-order valence-electron chi connectivity index (χ3n) is 3.62. The molecule has 0 aliphatic carbocycles. The standard InChI is InChI=1S/C20H16N2O4/c23-18(14-4-6-15(7-5-14)20(24)25)13-26-17-10-8-16(9-11-17)22-19-3-1-2-12-21-19/h1-12H,13H2,(H,21,22)(H,24,25). The molecule has 0 radical (unpaired) electrons. The molecular formula is C20H16N2O4. The second-order valence-corrected chi connectivity index (χ2v) is 5.46. The summed E-state index contributed by atoms with van der Waals surface area (Å²) in [5.41, 5.74) is 1.40.